The van der Waals surface area contributed by atoms with E-state index in [4.69, 9.17) is 4.74 Å². The molecule has 31 heavy (non-hydrogen) atoms. The number of hydrogen-bond donors (Lipinski definition) is 0. The fraction of sp³-hybridized carbons (Fsp3) is 0.652. The molecule has 0 aliphatic heterocycles. The van der Waals surface area contributed by atoms with Crippen molar-refractivity contribution in [1.82, 2.24) is 14.5 Å². The lowest BCUT2D eigenvalue weighted by Gasteiger charge is -2.26. The van der Waals surface area contributed by atoms with Crippen LogP contribution in [0.2, 0.25) is 0 Å². The van der Waals surface area contributed by atoms with Gasteiger partial charge in [-0.05, 0) is 43.1 Å². The van der Waals surface area contributed by atoms with Crippen molar-refractivity contribution < 1.29 is 14.3 Å². The van der Waals surface area contributed by atoms with Gasteiger partial charge in [0.2, 0.25) is 0 Å². The molecule has 170 valence electrons. The third-order valence-electron chi connectivity index (χ3n) is 5.38. The molecule has 0 radical (unpaired) electrons. The van der Waals surface area contributed by atoms with Crippen LogP contribution < -0.4 is 5.56 Å². The van der Waals surface area contributed by atoms with Crippen molar-refractivity contribution in [3.8, 4) is 0 Å². The number of aryl methyl sites for hydroxylation is 3. The van der Waals surface area contributed by atoms with E-state index in [0.717, 1.165) is 36.1 Å². The van der Waals surface area contributed by atoms with E-state index >= 15 is 0 Å². The van der Waals surface area contributed by atoms with Crippen molar-refractivity contribution in [2.45, 2.75) is 66.3 Å². The molecule has 0 saturated heterocycles. The Bertz CT molecular complexity index is 983. The Hall–Kier alpha value is -2.22. The van der Waals surface area contributed by atoms with E-state index in [2.05, 4.69) is 32.7 Å². The Balaban J connectivity index is 1.58. The maximum absolute atomic E-state index is 13.0. The number of hydrogen-bond acceptors (Lipinski definition) is 6. The Morgan fingerprint density at radius 3 is 2.52 bits per heavy atom. The monoisotopic (exact) mass is 447 g/mol. The van der Waals surface area contributed by atoms with Crippen LogP contribution in [0.3, 0.4) is 0 Å². The van der Waals surface area contributed by atoms with Crippen LogP contribution in [-0.4, -0.2) is 46.0 Å². The predicted octanol–water partition coefficient (Wildman–Crippen LogP) is 3.41. The number of ether oxygens (including phenoxy) is 1. The maximum atomic E-state index is 13.0. The number of amides is 1. The molecule has 0 spiro atoms. The molecule has 0 N–H and O–H groups in total. The zero-order valence-electron chi connectivity index (χ0n) is 19.0. The summed E-state index contributed by atoms with van der Waals surface area (Å²) in [5.74, 6) is 0.0220. The third kappa shape index (κ3) is 5.93. The summed E-state index contributed by atoms with van der Waals surface area (Å²) < 4.78 is 6.69. The minimum Gasteiger partial charge on any atom is -0.456 e. The molecule has 7 nitrogen and oxygen atoms in total. The zero-order chi connectivity index (χ0) is 22.5. The third-order valence-corrected chi connectivity index (χ3v) is 6.58. The number of esters is 1. The van der Waals surface area contributed by atoms with Gasteiger partial charge in [0.1, 0.15) is 4.83 Å². The van der Waals surface area contributed by atoms with Gasteiger partial charge in [-0.25, -0.2) is 4.98 Å². The molecule has 0 aromatic carbocycles. The predicted molar refractivity (Wildman–Crippen MR) is 122 cm³/mol. The number of aromatic nitrogens is 2. The van der Waals surface area contributed by atoms with Gasteiger partial charge < -0.3 is 9.64 Å². The van der Waals surface area contributed by atoms with E-state index in [1.807, 2.05) is 0 Å². The molecular weight excluding hydrogens is 414 g/mol. The molecule has 2 aromatic rings. The summed E-state index contributed by atoms with van der Waals surface area (Å²) in [5, 5.41) is 0.712. The molecule has 2 heterocycles. The Morgan fingerprint density at radius 1 is 1.16 bits per heavy atom. The van der Waals surface area contributed by atoms with Gasteiger partial charge >= 0.3 is 5.97 Å². The fourth-order valence-electron chi connectivity index (χ4n) is 4.02. The second kappa shape index (κ2) is 10.4. The van der Waals surface area contributed by atoms with Crippen molar-refractivity contribution in [2.24, 2.45) is 11.8 Å². The van der Waals surface area contributed by atoms with Gasteiger partial charge in [-0.3, -0.25) is 19.0 Å². The van der Waals surface area contributed by atoms with E-state index in [0.29, 0.717) is 30.3 Å². The lowest BCUT2D eigenvalue weighted by atomic mass is 9.97. The standard InChI is InChI=1S/C23H33N3O4S/c1-15(2)11-26(12-16(3)4)19(27)13-30-20(28)9-10-25-14-24-22-21(23(25)29)17-7-5-6-8-18(17)31-22/h14-16H,5-13H2,1-4H3. The van der Waals surface area contributed by atoms with Gasteiger partial charge in [0, 0.05) is 24.5 Å². The molecule has 0 fully saturated rings. The highest BCUT2D eigenvalue weighted by atomic mass is 32.1. The molecule has 0 unspecified atom stereocenters. The molecule has 1 aliphatic rings. The average molecular weight is 448 g/mol. The van der Waals surface area contributed by atoms with Crippen molar-refractivity contribution in [3.05, 3.63) is 27.1 Å². The highest BCUT2D eigenvalue weighted by Gasteiger charge is 2.21. The summed E-state index contributed by atoms with van der Waals surface area (Å²) in [6, 6.07) is 0. The number of fused-ring (bicyclic) bond motifs is 3. The summed E-state index contributed by atoms with van der Waals surface area (Å²) in [6.45, 7) is 9.43. The van der Waals surface area contributed by atoms with Gasteiger partial charge in [-0.1, -0.05) is 27.7 Å². The molecular formula is C23H33N3O4S. The van der Waals surface area contributed by atoms with Crippen LogP contribution in [0.1, 0.15) is 57.4 Å². The molecule has 3 rings (SSSR count). The zero-order valence-corrected chi connectivity index (χ0v) is 19.8. The Kier molecular flexibility index (Phi) is 7.86. The van der Waals surface area contributed by atoms with Gasteiger partial charge in [0.05, 0.1) is 18.1 Å². The molecule has 1 amide bonds. The lowest BCUT2D eigenvalue weighted by Crippen LogP contribution is -2.39. The number of nitrogens with zero attached hydrogens (tertiary/aromatic N) is 3. The summed E-state index contributed by atoms with van der Waals surface area (Å²) >= 11 is 1.61. The first kappa shape index (κ1) is 23.4. The van der Waals surface area contributed by atoms with Crippen molar-refractivity contribution >= 4 is 33.4 Å². The minimum absolute atomic E-state index is 0.0288. The van der Waals surface area contributed by atoms with Crippen molar-refractivity contribution in [2.75, 3.05) is 19.7 Å². The molecule has 2 aromatic heterocycles. The first-order valence-corrected chi connectivity index (χ1v) is 12.0. The minimum atomic E-state index is -0.485. The highest BCUT2D eigenvalue weighted by Crippen LogP contribution is 2.33. The van der Waals surface area contributed by atoms with Crippen molar-refractivity contribution in [1.29, 1.82) is 0 Å². The number of thiophene rings is 1. The SMILES string of the molecule is CC(C)CN(CC(C)C)C(=O)COC(=O)CCn1cnc2sc3c(c2c1=O)CCCC3. The fourth-order valence-corrected chi connectivity index (χ4v) is 5.24. The van der Waals surface area contributed by atoms with Gasteiger partial charge in [0.25, 0.3) is 11.5 Å². The van der Waals surface area contributed by atoms with Crippen LogP contribution in [0.4, 0.5) is 0 Å². The number of carbonyl (C=O) groups is 2. The number of rotatable bonds is 9. The number of carbonyl (C=O) groups excluding carboxylic acids is 2. The van der Waals surface area contributed by atoms with E-state index in [1.54, 1.807) is 16.2 Å². The molecule has 0 saturated carbocycles. The second-order valence-corrected chi connectivity index (χ2v) is 10.2. The summed E-state index contributed by atoms with van der Waals surface area (Å²) in [4.78, 5) is 45.9. The lowest BCUT2D eigenvalue weighted by molar-refractivity contribution is -0.152. The van der Waals surface area contributed by atoms with Crippen molar-refractivity contribution in [3.63, 3.8) is 0 Å². The van der Waals surface area contributed by atoms with Gasteiger partial charge in [0.15, 0.2) is 6.61 Å². The van der Waals surface area contributed by atoms with E-state index in [-0.39, 0.29) is 31.0 Å². The molecule has 1 aliphatic carbocycles. The Morgan fingerprint density at radius 2 is 1.84 bits per heavy atom. The average Bonchev–Trinajstić information content (AvgIpc) is 3.09. The van der Waals surface area contributed by atoms with Gasteiger partial charge in [-0.2, -0.15) is 0 Å². The first-order valence-electron chi connectivity index (χ1n) is 11.2. The molecule has 8 heteroatoms. The molecule has 0 atom stereocenters. The van der Waals surface area contributed by atoms with Crippen LogP contribution in [0.15, 0.2) is 11.1 Å². The Labute approximate surface area is 187 Å². The summed E-state index contributed by atoms with van der Waals surface area (Å²) in [7, 11) is 0. The quantitative estimate of drug-likeness (QED) is 0.550. The second-order valence-electron chi connectivity index (χ2n) is 9.13. The summed E-state index contributed by atoms with van der Waals surface area (Å²) in [5.41, 5.74) is 1.05. The van der Waals surface area contributed by atoms with Crippen LogP contribution in [-0.2, 0) is 33.7 Å². The topological polar surface area (TPSA) is 81.5 Å². The van der Waals surface area contributed by atoms with E-state index in [1.165, 1.54) is 15.8 Å². The van der Waals surface area contributed by atoms with Gasteiger partial charge in [-0.15, -0.1) is 11.3 Å². The maximum Gasteiger partial charge on any atom is 0.308 e. The largest absolute Gasteiger partial charge is 0.456 e. The van der Waals surface area contributed by atoms with Crippen LogP contribution in [0, 0.1) is 11.8 Å². The van der Waals surface area contributed by atoms with Crippen LogP contribution in [0.5, 0.6) is 0 Å². The normalized spacial score (nSPS) is 13.6. The smallest absolute Gasteiger partial charge is 0.308 e. The van der Waals surface area contributed by atoms with Crippen LogP contribution >= 0.6 is 11.3 Å². The first-order chi connectivity index (χ1) is 14.8. The van der Waals surface area contributed by atoms with Crippen LogP contribution in [0.25, 0.3) is 10.2 Å². The molecule has 0 bridgehead atoms. The highest BCUT2D eigenvalue weighted by molar-refractivity contribution is 7.18. The summed E-state index contributed by atoms with van der Waals surface area (Å²) in [6.07, 6.45) is 5.73. The van der Waals surface area contributed by atoms with E-state index < -0.39 is 5.97 Å². The van der Waals surface area contributed by atoms with E-state index in [9.17, 15) is 14.4 Å².